The number of nitrogens with two attached hydrogens (primary N) is 1. The summed E-state index contributed by atoms with van der Waals surface area (Å²) in [6, 6.07) is 3.93. The van der Waals surface area contributed by atoms with Crippen LogP contribution >= 0.6 is 0 Å². The van der Waals surface area contributed by atoms with Gasteiger partial charge in [-0.3, -0.25) is 4.90 Å². The fourth-order valence-corrected chi connectivity index (χ4v) is 1.96. The lowest BCUT2D eigenvalue weighted by atomic mass is 10.2. The summed E-state index contributed by atoms with van der Waals surface area (Å²) in [5, 5.41) is 0. The molecule has 3 nitrogen and oxygen atoms in total. The van der Waals surface area contributed by atoms with Gasteiger partial charge in [0.15, 0.2) is 0 Å². The molecule has 0 radical (unpaired) electrons. The average molecular weight is 191 g/mol. The van der Waals surface area contributed by atoms with E-state index in [1.165, 1.54) is 25.1 Å². The lowest BCUT2D eigenvalue weighted by Crippen LogP contribution is -2.19. The normalized spacial score (nSPS) is 22.8. The fourth-order valence-electron chi connectivity index (χ4n) is 1.96. The zero-order valence-electron chi connectivity index (χ0n) is 8.61. The molecule has 3 heteroatoms. The van der Waals surface area contributed by atoms with E-state index in [0.717, 1.165) is 12.5 Å². The van der Waals surface area contributed by atoms with Crippen LogP contribution < -0.4 is 5.73 Å². The third-order valence-corrected chi connectivity index (χ3v) is 2.76. The molecule has 76 valence electrons. The van der Waals surface area contributed by atoms with Crippen molar-refractivity contribution in [2.24, 2.45) is 5.92 Å². The number of hydrogen-bond donors (Lipinski definition) is 1. The van der Waals surface area contributed by atoms with Gasteiger partial charge in [0, 0.05) is 19.3 Å². The molecule has 2 N–H and O–H groups in total. The molecular weight excluding hydrogens is 174 g/mol. The number of nitrogens with zero attached hydrogens (tertiary/aromatic N) is 2. The molecule has 0 saturated carbocycles. The molecule has 0 aliphatic carbocycles. The van der Waals surface area contributed by atoms with Gasteiger partial charge in [0.1, 0.15) is 5.82 Å². The van der Waals surface area contributed by atoms with Crippen LogP contribution in [0.15, 0.2) is 18.3 Å². The van der Waals surface area contributed by atoms with Crippen LogP contribution in [-0.4, -0.2) is 23.0 Å². The van der Waals surface area contributed by atoms with E-state index in [1.54, 1.807) is 0 Å². The molecule has 14 heavy (non-hydrogen) atoms. The second-order valence-corrected chi connectivity index (χ2v) is 4.22. The Labute approximate surface area is 84.9 Å². The minimum atomic E-state index is 0.600. The molecule has 1 aliphatic rings. The molecule has 1 aromatic rings. The van der Waals surface area contributed by atoms with Gasteiger partial charge in [-0.05, 0) is 30.5 Å². The van der Waals surface area contributed by atoms with Gasteiger partial charge in [-0.1, -0.05) is 13.0 Å². The SMILES string of the molecule is CC1CCN(Cc2ccc(N)nc2)C1. The highest BCUT2D eigenvalue weighted by atomic mass is 15.1. The van der Waals surface area contributed by atoms with Gasteiger partial charge in [0.05, 0.1) is 0 Å². The first-order valence-corrected chi connectivity index (χ1v) is 5.17. The predicted octanol–water partition coefficient (Wildman–Crippen LogP) is 1.51. The summed E-state index contributed by atoms with van der Waals surface area (Å²) in [5.74, 6) is 1.44. The first-order chi connectivity index (χ1) is 6.74. The molecule has 1 fully saturated rings. The number of likely N-dealkylation sites (tertiary alicyclic amines) is 1. The average Bonchev–Trinajstić information content (AvgIpc) is 2.56. The van der Waals surface area contributed by atoms with Crippen molar-refractivity contribution >= 4 is 5.82 Å². The quantitative estimate of drug-likeness (QED) is 0.770. The molecule has 1 unspecified atom stereocenters. The molecule has 0 amide bonds. The van der Waals surface area contributed by atoms with Crippen LogP contribution in [0.3, 0.4) is 0 Å². The Kier molecular flexibility index (Phi) is 2.68. The molecule has 2 heterocycles. The van der Waals surface area contributed by atoms with E-state index < -0.39 is 0 Å². The zero-order chi connectivity index (χ0) is 9.97. The van der Waals surface area contributed by atoms with Crippen LogP contribution in [0.25, 0.3) is 0 Å². The minimum absolute atomic E-state index is 0.600. The van der Waals surface area contributed by atoms with Crippen LogP contribution in [-0.2, 0) is 6.54 Å². The van der Waals surface area contributed by atoms with Crippen LogP contribution in [0.2, 0.25) is 0 Å². The molecular formula is C11H17N3. The first kappa shape index (κ1) is 9.46. The number of nitrogen functional groups attached to an aromatic ring is 1. The number of hydrogen-bond acceptors (Lipinski definition) is 3. The Morgan fingerprint density at radius 3 is 3.00 bits per heavy atom. The monoisotopic (exact) mass is 191 g/mol. The van der Waals surface area contributed by atoms with Crippen molar-refractivity contribution in [1.82, 2.24) is 9.88 Å². The van der Waals surface area contributed by atoms with Gasteiger partial charge in [0.2, 0.25) is 0 Å². The molecule has 0 bridgehead atoms. The molecule has 1 aromatic heterocycles. The van der Waals surface area contributed by atoms with E-state index in [9.17, 15) is 0 Å². The summed E-state index contributed by atoms with van der Waals surface area (Å²) in [4.78, 5) is 6.56. The molecule has 0 spiro atoms. The topological polar surface area (TPSA) is 42.1 Å². The van der Waals surface area contributed by atoms with E-state index in [1.807, 2.05) is 12.3 Å². The fraction of sp³-hybridized carbons (Fsp3) is 0.545. The summed E-state index contributed by atoms with van der Waals surface area (Å²) in [5.41, 5.74) is 6.79. The van der Waals surface area contributed by atoms with Gasteiger partial charge in [0.25, 0.3) is 0 Å². The maximum absolute atomic E-state index is 5.53. The van der Waals surface area contributed by atoms with Crippen molar-refractivity contribution in [3.8, 4) is 0 Å². The van der Waals surface area contributed by atoms with Crippen LogP contribution in [0, 0.1) is 5.92 Å². The third kappa shape index (κ3) is 2.23. The molecule has 1 atom stereocenters. The highest BCUT2D eigenvalue weighted by Crippen LogP contribution is 2.17. The van der Waals surface area contributed by atoms with Crippen molar-refractivity contribution in [3.05, 3.63) is 23.9 Å². The highest BCUT2D eigenvalue weighted by molar-refractivity contribution is 5.29. The maximum atomic E-state index is 5.53. The molecule has 2 rings (SSSR count). The summed E-state index contributed by atoms with van der Waals surface area (Å²) in [7, 11) is 0. The summed E-state index contributed by atoms with van der Waals surface area (Å²) < 4.78 is 0. The Hall–Kier alpha value is -1.09. The molecule has 1 saturated heterocycles. The zero-order valence-corrected chi connectivity index (χ0v) is 8.61. The highest BCUT2D eigenvalue weighted by Gasteiger charge is 2.18. The largest absolute Gasteiger partial charge is 0.384 e. The molecule has 1 aliphatic heterocycles. The number of rotatable bonds is 2. The van der Waals surface area contributed by atoms with Crippen molar-refractivity contribution in [2.75, 3.05) is 18.8 Å². The Morgan fingerprint density at radius 1 is 1.57 bits per heavy atom. The summed E-state index contributed by atoms with van der Waals surface area (Å²) in [6.07, 6.45) is 3.20. The standard InChI is InChI=1S/C11H17N3/c1-9-4-5-14(7-9)8-10-2-3-11(12)13-6-10/h2-3,6,9H,4-5,7-8H2,1H3,(H2,12,13). The Balaban J connectivity index is 1.94. The second-order valence-electron chi connectivity index (χ2n) is 4.22. The van der Waals surface area contributed by atoms with E-state index in [4.69, 9.17) is 5.73 Å². The van der Waals surface area contributed by atoms with Gasteiger partial charge >= 0.3 is 0 Å². The number of anilines is 1. The smallest absolute Gasteiger partial charge is 0.123 e. The summed E-state index contributed by atoms with van der Waals surface area (Å²) in [6.45, 7) is 5.74. The lowest BCUT2D eigenvalue weighted by Gasteiger charge is -2.14. The van der Waals surface area contributed by atoms with E-state index >= 15 is 0 Å². The number of pyridine rings is 1. The van der Waals surface area contributed by atoms with E-state index in [-0.39, 0.29) is 0 Å². The van der Waals surface area contributed by atoms with E-state index in [2.05, 4.69) is 22.9 Å². The van der Waals surface area contributed by atoms with Crippen molar-refractivity contribution in [1.29, 1.82) is 0 Å². The van der Waals surface area contributed by atoms with Gasteiger partial charge in [-0.25, -0.2) is 4.98 Å². The predicted molar refractivity (Wildman–Crippen MR) is 57.7 cm³/mol. The third-order valence-electron chi connectivity index (χ3n) is 2.76. The summed E-state index contributed by atoms with van der Waals surface area (Å²) >= 11 is 0. The Morgan fingerprint density at radius 2 is 2.43 bits per heavy atom. The van der Waals surface area contributed by atoms with Gasteiger partial charge < -0.3 is 5.73 Å². The number of aromatic nitrogens is 1. The molecule has 0 aromatic carbocycles. The van der Waals surface area contributed by atoms with Crippen LogP contribution in [0.4, 0.5) is 5.82 Å². The van der Waals surface area contributed by atoms with Gasteiger partial charge in [-0.15, -0.1) is 0 Å². The van der Waals surface area contributed by atoms with Gasteiger partial charge in [-0.2, -0.15) is 0 Å². The second kappa shape index (κ2) is 3.96. The Bertz CT molecular complexity index is 294. The first-order valence-electron chi connectivity index (χ1n) is 5.17. The lowest BCUT2D eigenvalue weighted by molar-refractivity contribution is 0.320. The van der Waals surface area contributed by atoms with Crippen LogP contribution in [0.5, 0.6) is 0 Å². The maximum Gasteiger partial charge on any atom is 0.123 e. The van der Waals surface area contributed by atoms with E-state index in [0.29, 0.717) is 5.82 Å². The van der Waals surface area contributed by atoms with Crippen molar-refractivity contribution < 1.29 is 0 Å². The van der Waals surface area contributed by atoms with Crippen LogP contribution in [0.1, 0.15) is 18.9 Å². The minimum Gasteiger partial charge on any atom is -0.384 e. The van der Waals surface area contributed by atoms with Crippen molar-refractivity contribution in [2.45, 2.75) is 19.9 Å². The van der Waals surface area contributed by atoms with Crippen molar-refractivity contribution in [3.63, 3.8) is 0 Å².